The van der Waals surface area contributed by atoms with Crippen molar-refractivity contribution < 1.29 is 34.4 Å². The number of nitriles is 1. The van der Waals surface area contributed by atoms with Gasteiger partial charge in [-0.1, -0.05) is 9.95 Å². The van der Waals surface area contributed by atoms with Gasteiger partial charge in [0.2, 0.25) is 0 Å². The molecule has 5 aromatic rings. The number of hydrogen-bond donors (Lipinski definition) is 1. The van der Waals surface area contributed by atoms with Crippen LogP contribution in [0.15, 0.2) is 53.6 Å². The molecule has 1 saturated carbocycles. The van der Waals surface area contributed by atoms with Crippen molar-refractivity contribution in [2.45, 2.75) is 25.2 Å². The average Bonchev–Trinajstić information content (AvgIpc) is 3.61. The molecule has 1 aliphatic rings. The van der Waals surface area contributed by atoms with E-state index in [9.17, 15) is 35.5 Å². The maximum Gasteiger partial charge on any atom is 0.573 e. The molecule has 3 aromatic heterocycles. The molecule has 39 heavy (non-hydrogen) atoms. The van der Waals surface area contributed by atoms with Gasteiger partial charge in [-0.25, -0.2) is 0 Å². The Labute approximate surface area is 216 Å². The number of benzene rings is 2. The molecular formula is C25H14F4N4O5S. The average molecular weight is 558 g/mol. The molecule has 9 nitrogen and oxygen atoms in total. The van der Waals surface area contributed by atoms with Gasteiger partial charge in [0, 0.05) is 34.3 Å². The van der Waals surface area contributed by atoms with Crippen molar-refractivity contribution in [3.8, 4) is 28.7 Å². The Morgan fingerprint density at radius 2 is 1.87 bits per heavy atom. The van der Waals surface area contributed by atoms with Crippen molar-refractivity contribution in [2.75, 3.05) is 0 Å². The summed E-state index contributed by atoms with van der Waals surface area (Å²) in [6.07, 6.45) is -1.65. The van der Waals surface area contributed by atoms with Crippen molar-refractivity contribution in [3.05, 3.63) is 64.6 Å². The molecule has 0 atom stereocenters. The highest BCUT2D eigenvalue weighted by Crippen LogP contribution is 2.43. The predicted molar refractivity (Wildman–Crippen MR) is 131 cm³/mol. The molecule has 0 amide bonds. The van der Waals surface area contributed by atoms with Crippen LogP contribution in [0.2, 0.25) is 0 Å². The topological polar surface area (TPSA) is 127 Å². The minimum absolute atomic E-state index is 0.0469. The smallest absolute Gasteiger partial charge is 0.405 e. The highest BCUT2D eigenvalue weighted by atomic mass is 32.3. The monoisotopic (exact) mass is 558 g/mol. The van der Waals surface area contributed by atoms with Crippen LogP contribution in [0.3, 0.4) is 0 Å². The molecule has 14 heteroatoms. The van der Waals surface area contributed by atoms with Gasteiger partial charge in [0.1, 0.15) is 11.4 Å². The number of nitrogens with one attached hydrogen (secondary N) is 1. The third-order valence-corrected chi connectivity index (χ3v) is 6.73. The molecule has 1 aliphatic carbocycles. The number of hydrogen-bond acceptors (Lipinski definition) is 7. The quantitative estimate of drug-likeness (QED) is 0.226. The fraction of sp³-hybridized carbons (Fsp3) is 0.160. The summed E-state index contributed by atoms with van der Waals surface area (Å²) in [5.41, 5.74) is 0.777. The van der Waals surface area contributed by atoms with E-state index in [1.54, 1.807) is 18.2 Å². The summed E-state index contributed by atoms with van der Waals surface area (Å²) in [5, 5.41) is 9.99. The largest absolute Gasteiger partial charge is 0.573 e. The zero-order valence-corrected chi connectivity index (χ0v) is 20.2. The molecule has 0 spiro atoms. The Balaban J connectivity index is 1.70. The number of aromatic nitrogens is 3. The third-order valence-electron chi connectivity index (χ3n) is 6.34. The molecule has 0 radical (unpaired) electrons. The number of rotatable bonds is 5. The first-order valence-electron chi connectivity index (χ1n) is 11.3. The predicted octanol–water partition coefficient (Wildman–Crippen LogP) is 5.40. The normalized spacial score (nSPS) is 14.1. The second kappa shape index (κ2) is 8.43. The van der Waals surface area contributed by atoms with Gasteiger partial charge < -0.3 is 18.5 Å². The lowest BCUT2D eigenvalue weighted by Crippen LogP contribution is -2.18. The minimum Gasteiger partial charge on any atom is -0.405 e. The molecular weight excluding hydrogens is 544 g/mol. The van der Waals surface area contributed by atoms with Crippen LogP contribution in [0.25, 0.3) is 44.0 Å². The summed E-state index contributed by atoms with van der Waals surface area (Å²) in [4.78, 5) is 20.6. The van der Waals surface area contributed by atoms with Crippen LogP contribution in [-0.2, 0) is 10.5 Å². The summed E-state index contributed by atoms with van der Waals surface area (Å²) in [5.74, 6) is -1.32. The molecule has 1 fully saturated rings. The molecule has 0 unspecified atom stereocenters. The zero-order chi connectivity index (χ0) is 27.7. The zero-order valence-electron chi connectivity index (χ0n) is 19.4. The number of alkyl halides is 3. The van der Waals surface area contributed by atoms with Gasteiger partial charge in [-0.2, -0.15) is 13.7 Å². The van der Waals surface area contributed by atoms with Gasteiger partial charge in [-0.05, 0) is 43.2 Å². The molecule has 6 rings (SSSR count). The second-order valence-corrected chi connectivity index (χ2v) is 9.90. The Bertz CT molecular complexity index is 2040. The van der Waals surface area contributed by atoms with E-state index in [1.807, 2.05) is 10.6 Å². The summed E-state index contributed by atoms with van der Waals surface area (Å²) in [6.45, 7) is 0. The van der Waals surface area contributed by atoms with Crippen molar-refractivity contribution >= 4 is 43.3 Å². The molecule has 198 valence electrons. The van der Waals surface area contributed by atoms with Crippen LogP contribution in [0, 0.1) is 11.3 Å². The summed E-state index contributed by atoms with van der Waals surface area (Å²) in [6, 6.07) is 9.96. The van der Waals surface area contributed by atoms with E-state index in [1.165, 1.54) is 6.07 Å². The van der Waals surface area contributed by atoms with Crippen LogP contribution in [0.4, 0.5) is 17.1 Å². The lowest BCUT2D eigenvalue weighted by Gasteiger charge is -2.18. The summed E-state index contributed by atoms with van der Waals surface area (Å²) < 4.78 is 85.5. The maximum atomic E-state index is 13.7. The first-order chi connectivity index (χ1) is 18.4. The van der Waals surface area contributed by atoms with Crippen LogP contribution < -0.4 is 14.3 Å². The van der Waals surface area contributed by atoms with Gasteiger partial charge in [0.05, 0.1) is 34.1 Å². The SMILES string of the molecule is N#Cc1ccc2c(c1)[nH]c1c2c(=O)c2cc(OC(F)(F)F)c(-c3cncc(OS(=O)(=O)F)c3)cc2n1C1CC1. The Hall–Kier alpha value is -4.64. The molecule has 1 N–H and O–H groups in total. The standard InChI is InChI=1S/C25H14F4N4O5S/c26-25(27,28)37-21-8-18-20(7-17(21)13-6-15(11-31-10-13)38-39(29,35)36)33(14-2-3-14)24-22(23(18)34)16-4-1-12(9-30)5-19(16)32-24/h1,4-8,10-11,14,32H,2-3H2. The molecule has 2 aromatic carbocycles. The number of fused-ring (bicyclic) bond motifs is 4. The van der Waals surface area contributed by atoms with E-state index in [-0.39, 0.29) is 33.5 Å². The fourth-order valence-electron chi connectivity index (χ4n) is 4.74. The van der Waals surface area contributed by atoms with Gasteiger partial charge in [-0.15, -0.1) is 13.2 Å². The van der Waals surface area contributed by atoms with Crippen LogP contribution in [0.5, 0.6) is 11.5 Å². The minimum atomic E-state index is -5.43. The fourth-order valence-corrected chi connectivity index (χ4v) is 5.06. The van der Waals surface area contributed by atoms with Crippen molar-refractivity contribution in [2.24, 2.45) is 0 Å². The first-order valence-corrected chi connectivity index (χ1v) is 12.7. The molecule has 0 aliphatic heterocycles. The Morgan fingerprint density at radius 1 is 1.10 bits per heavy atom. The van der Waals surface area contributed by atoms with Gasteiger partial charge >= 0.3 is 16.9 Å². The van der Waals surface area contributed by atoms with Crippen molar-refractivity contribution in [3.63, 3.8) is 0 Å². The van der Waals surface area contributed by atoms with E-state index in [2.05, 4.69) is 18.9 Å². The van der Waals surface area contributed by atoms with Crippen LogP contribution in [-0.4, -0.2) is 29.3 Å². The number of pyridine rings is 2. The second-order valence-electron chi connectivity index (χ2n) is 8.95. The van der Waals surface area contributed by atoms with Crippen molar-refractivity contribution in [1.29, 1.82) is 5.26 Å². The highest BCUT2D eigenvalue weighted by Gasteiger charge is 2.34. The third kappa shape index (κ3) is 4.50. The van der Waals surface area contributed by atoms with Crippen LogP contribution >= 0.6 is 0 Å². The molecule has 0 saturated heterocycles. The van der Waals surface area contributed by atoms with Gasteiger partial charge in [0.25, 0.3) is 0 Å². The summed E-state index contributed by atoms with van der Waals surface area (Å²) in [7, 11) is -5.43. The van der Waals surface area contributed by atoms with E-state index >= 15 is 0 Å². The molecule has 3 heterocycles. The number of halogens is 4. The van der Waals surface area contributed by atoms with Gasteiger partial charge in [-0.3, -0.25) is 9.78 Å². The number of aromatic amines is 1. The number of ether oxygens (including phenoxy) is 1. The Morgan fingerprint density at radius 3 is 2.54 bits per heavy atom. The number of H-pyrrole nitrogens is 1. The van der Waals surface area contributed by atoms with E-state index in [4.69, 9.17) is 0 Å². The van der Waals surface area contributed by atoms with Gasteiger partial charge in [0.15, 0.2) is 11.2 Å². The molecule has 0 bridgehead atoms. The summed E-state index contributed by atoms with van der Waals surface area (Å²) >= 11 is 0. The first kappa shape index (κ1) is 24.7. The lowest BCUT2D eigenvalue weighted by molar-refractivity contribution is -0.274. The van der Waals surface area contributed by atoms with E-state index in [0.717, 1.165) is 37.4 Å². The lowest BCUT2D eigenvalue weighted by atomic mass is 10.0. The highest BCUT2D eigenvalue weighted by molar-refractivity contribution is 7.81. The Kier molecular flexibility index (Phi) is 5.34. The number of nitrogens with zero attached hydrogens (tertiary/aromatic N) is 3. The van der Waals surface area contributed by atoms with Crippen molar-refractivity contribution in [1.82, 2.24) is 14.5 Å². The van der Waals surface area contributed by atoms with E-state index in [0.29, 0.717) is 22.1 Å². The van der Waals surface area contributed by atoms with E-state index < -0.39 is 33.8 Å². The van der Waals surface area contributed by atoms with Crippen LogP contribution in [0.1, 0.15) is 24.4 Å². The maximum absolute atomic E-state index is 13.7.